The number of phosphoric ester groups is 1. The molecule has 0 spiro atoms. The lowest BCUT2D eigenvalue weighted by Gasteiger charge is -2.30. The van der Waals surface area contributed by atoms with Crippen LogP contribution in [0, 0.1) is 0 Å². The van der Waals surface area contributed by atoms with Crippen LogP contribution in [0.5, 0.6) is 0 Å². The third kappa shape index (κ3) is 5.72. The van der Waals surface area contributed by atoms with E-state index < -0.39 is 12.9 Å². The van der Waals surface area contributed by atoms with Crippen molar-refractivity contribution in [2.75, 3.05) is 0 Å². The molecular weight excluding hydrogens is 457 g/mol. The predicted molar refractivity (Wildman–Crippen MR) is 91.7 cm³/mol. The minimum atomic E-state index is -4.71. The van der Waals surface area contributed by atoms with Gasteiger partial charge in [-0.2, -0.15) is 10.4 Å². The number of phosphoric acid groups is 1. The van der Waals surface area contributed by atoms with E-state index in [1.807, 2.05) is 0 Å². The van der Waals surface area contributed by atoms with Gasteiger partial charge in [-0.05, 0) is 18.2 Å². The van der Waals surface area contributed by atoms with Crippen LogP contribution < -0.4 is 0 Å². The zero-order valence-electron chi connectivity index (χ0n) is 12.5. The van der Waals surface area contributed by atoms with Gasteiger partial charge in [0.25, 0.3) is 0 Å². The highest BCUT2D eigenvalue weighted by molar-refractivity contribution is 9.11. The first kappa shape index (κ1) is 20.2. The van der Waals surface area contributed by atoms with Crippen molar-refractivity contribution in [1.29, 1.82) is 0 Å². The second kappa shape index (κ2) is 9.02. The van der Waals surface area contributed by atoms with Crippen LogP contribution in [0.1, 0.15) is 0 Å². The topological polar surface area (TPSA) is 188 Å². The second-order valence-electron chi connectivity index (χ2n) is 4.22. The molecule has 2 aliphatic rings. The van der Waals surface area contributed by atoms with Crippen LogP contribution >= 0.6 is 35.4 Å². The van der Waals surface area contributed by atoms with Gasteiger partial charge < -0.3 is 9.79 Å². The zero-order valence-corrected chi connectivity index (χ0v) is 15.7. The van der Waals surface area contributed by atoms with Crippen LogP contribution in [-0.2, 0) is 9.09 Å². The van der Waals surface area contributed by atoms with Crippen molar-refractivity contribution < 1.29 is 18.9 Å². The van der Waals surface area contributed by atoms with Gasteiger partial charge in [0.1, 0.15) is 0 Å². The molecule has 0 saturated heterocycles. The van der Waals surface area contributed by atoms with E-state index in [0.717, 1.165) is 0 Å². The Morgan fingerprint density at radius 1 is 1.12 bits per heavy atom. The monoisotopic (exact) mass is 465 g/mol. The van der Waals surface area contributed by atoms with Gasteiger partial charge in [-0.3, -0.25) is 9.52 Å². The Labute approximate surface area is 158 Å². The number of H-pyrrole nitrogens is 2. The van der Waals surface area contributed by atoms with Crippen molar-refractivity contribution in [2.45, 2.75) is 5.06 Å². The molecule has 1 atom stereocenters. The number of nitrogens with one attached hydrogen (secondary N) is 2. The lowest BCUT2D eigenvalue weighted by molar-refractivity contribution is 0.155. The lowest BCUT2D eigenvalue weighted by atomic mass is 10.0. The molecule has 0 aromatic carbocycles. The summed E-state index contributed by atoms with van der Waals surface area (Å²) < 4.78 is 15.8. The smallest absolute Gasteiger partial charge is 0.303 e. The number of aromatic nitrogens is 8. The Hall–Kier alpha value is -2.09. The van der Waals surface area contributed by atoms with Gasteiger partial charge in [0, 0.05) is 16.3 Å². The Balaban J connectivity index is 0.000000196. The van der Waals surface area contributed by atoms with Gasteiger partial charge in [0.2, 0.25) is 5.06 Å². The number of hydrogen-bond acceptors (Lipinski definition) is 9. The predicted octanol–water partition coefficient (Wildman–Crippen LogP) is 0.617. The Kier molecular flexibility index (Phi) is 7.02. The number of fused-ring (bicyclic) bond motifs is 1. The van der Waals surface area contributed by atoms with E-state index in [1.165, 1.54) is 24.9 Å². The van der Waals surface area contributed by atoms with E-state index in [4.69, 9.17) is 21.4 Å². The Bertz CT molecular complexity index is 803. The molecule has 0 radical (unpaired) electrons. The first-order valence-corrected chi connectivity index (χ1v) is 9.14. The molecule has 2 aromatic rings. The molecule has 13 nitrogen and oxygen atoms in total. The first-order valence-electron chi connectivity index (χ1n) is 6.44. The fourth-order valence-corrected chi connectivity index (χ4v) is 3.22. The molecule has 4 rings (SSSR count). The van der Waals surface area contributed by atoms with Crippen LogP contribution in [-0.4, -0.2) is 62.3 Å². The van der Waals surface area contributed by atoms with Crippen molar-refractivity contribution in [3.8, 4) is 0 Å². The standard InChI is InChI=1S/C8H6BrClNO4P.2CH2N4/c9-7-2-1-6-5(3-4-11-6)8(7,10)15-16(12,13)14;2*1-2-4-5-3-1/h1-4H,(H2,12,13,14);2*1H,(H,2,3,4,5). The second-order valence-corrected chi connectivity index (χ2v) is 6.77. The number of rotatable bonds is 2. The average molecular weight is 467 g/mol. The summed E-state index contributed by atoms with van der Waals surface area (Å²) >= 11 is 9.21. The van der Waals surface area contributed by atoms with Gasteiger partial charge >= 0.3 is 7.82 Å². The molecule has 1 unspecified atom stereocenters. The molecular formula is C10H10BrClN9O4P. The summed E-state index contributed by atoms with van der Waals surface area (Å²) in [6.45, 7) is 0. The minimum Gasteiger partial charge on any atom is -0.303 e. The highest BCUT2D eigenvalue weighted by atomic mass is 79.9. The van der Waals surface area contributed by atoms with Gasteiger partial charge in [0.15, 0.2) is 12.7 Å². The third-order valence-corrected chi connectivity index (χ3v) is 4.71. The van der Waals surface area contributed by atoms with Crippen LogP contribution in [0.25, 0.3) is 0 Å². The van der Waals surface area contributed by atoms with E-state index in [-0.39, 0.29) is 0 Å². The molecule has 3 heterocycles. The van der Waals surface area contributed by atoms with Crippen molar-refractivity contribution in [1.82, 2.24) is 41.2 Å². The zero-order chi connectivity index (χ0) is 19.0. The quantitative estimate of drug-likeness (QED) is 0.360. The summed E-state index contributed by atoms with van der Waals surface area (Å²) in [5, 5.41) is 22.6. The van der Waals surface area contributed by atoms with E-state index in [1.54, 1.807) is 12.2 Å². The van der Waals surface area contributed by atoms with Crippen LogP contribution in [0.15, 0.2) is 51.6 Å². The fraction of sp³-hybridized carbons (Fsp3) is 0.100. The number of hydrogen-bond donors (Lipinski definition) is 4. The van der Waals surface area contributed by atoms with Crippen LogP contribution in [0.3, 0.4) is 0 Å². The molecule has 1 aliphatic heterocycles. The van der Waals surface area contributed by atoms with E-state index >= 15 is 0 Å². The van der Waals surface area contributed by atoms with Crippen molar-refractivity contribution >= 4 is 41.6 Å². The van der Waals surface area contributed by atoms with E-state index in [0.29, 0.717) is 15.8 Å². The lowest BCUT2D eigenvalue weighted by Crippen LogP contribution is -2.29. The Morgan fingerprint density at radius 2 is 1.73 bits per heavy atom. The van der Waals surface area contributed by atoms with Gasteiger partial charge in [-0.1, -0.05) is 38.0 Å². The maximum atomic E-state index is 10.9. The molecule has 0 bridgehead atoms. The highest BCUT2D eigenvalue weighted by Gasteiger charge is 2.45. The number of aliphatic imine (C=N–C) groups is 1. The summed E-state index contributed by atoms with van der Waals surface area (Å²) in [5.41, 5.74) is 0.915. The number of allylic oxidation sites excluding steroid dienone is 3. The first-order chi connectivity index (χ1) is 12.3. The maximum absolute atomic E-state index is 10.9. The van der Waals surface area contributed by atoms with Crippen LogP contribution in [0.2, 0.25) is 0 Å². The third-order valence-electron chi connectivity index (χ3n) is 2.56. The number of aromatic amines is 2. The molecule has 1 aliphatic carbocycles. The maximum Gasteiger partial charge on any atom is 0.471 e. The minimum absolute atomic E-state index is 0.311. The number of tetrazole rings is 2. The molecule has 2 aromatic heterocycles. The summed E-state index contributed by atoms with van der Waals surface area (Å²) in [4.78, 5) is 21.7. The van der Waals surface area contributed by atoms with E-state index in [2.05, 4.69) is 66.7 Å². The molecule has 138 valence electrons. The molecule has 4 N–H and O–H groups in total. The Morgan fingerprint density at radius 3 is 2.15 bits per heavy atom. The average Bonchev–Trinajstić information content (AvgIpc) is 3.36. The summed E-state index contributed by atoms with van der Waals surface area (Å²) in [5.74, 6) is 0. The van der Waals surface area contributed by atoms with Crippen molar-refractivity contribution in [3.05, 3.63) is 46.6 Å². The number of nitrogens with zero attached hydrogens (tertiary/aromatic N) is 7. The van der Waals surface area contributed by atoms with Crippen molar-refractivity contribution in [2.24, 2.45) is 4.99 Å². The van der Waals surface area contributed by atoms with E-state index in [9.17, 15) is 4.57 Å². The van der Waals surface area contributed by atoms with Gasteiger partial charge in [-0.15, -0.1) is 20.4 Å². The normalized spacial score (nSPS) is 20.5. The van der Waals surface area contributed by atoms with Crippen LogP contribution in [0.4, 0.5) is 0 Å². The summed E-state index contributed by atoms with van der Waals surface area (Å²) in [6.07, 6.45) is 8.91. The molecule has 16 heteroatoms. The fourth-order valence-electron chi connectivity index (χ4n) is 1.65. The summed E-state index contributed by atoms with van der Waals surface area (Å²) in [6, 6.07) is 0. The molecule has 0 fully saturated rings. The molecule has 0 saturated carbocycles. The molecule has 26 heavy (non-hydrogen) atoms. The SMILES string of the molecule is O=P(O)(O)OC1(Cl)C(Br)=CC=C2N=CC=C21.c1nn[nH]n1.c1nn[nH]n1. The highest BCUT2D eigenvalue weighted by Crippen LogP contribution is 2.54. The van der Waals surface area contributed by atoms with Crippen molar-refractivity contribution in [3.63, 3.8) is 0 Å². The number of halogens is 2. The van der Waals surface area contributed by atoms with Gasteiger partial charge in [0.05, 0.1) is 5.70 Å². The largest absolute Gasteiger partial charge is 0.471 e. The summed E-state index contributed by atoms with van der Waals surface area (Å²) in [7, 11) is -4.71. The molecule has 0 amide bonds. The number of alkyl halides is 1. The van der Waals surface area contributed by atoms with Gasteiger partial charge in [-0.25, -0.2) is 4.57 Å².